The Morgan fingerprint density at radius 1 is 1.48 bits per heavy atom. The topological polar surface area (TPSA) is 107 Å². The highest BCUT2D eigenvalue weighted by Gasteiger charge is 2.33. The van der Waals surface area contributed by atoms with Crippen molar-refractivity contribution in [1.29, 1.82) is 0 Å². The Morgan fingerprint density at radius 2 is 2.19 bits per heavy atom. The first-order valence-electron chi connectivity index (χ1n) is 6.55. The van der Waals surface area contributed by atoms with Crippen molar-refractivity contribution in [2.75, 3.05) is 26.7 Å². The van der Waals surface area contributed by atoms with Gasteiger partial charge in [0.05, 0.1) is 5.56 Å². The average molecular weight is 334 g/mol. The first-order chi connectivity index (χ1) is 9.89. The Hall–Kier alpha value is -1.00. The standard InChI is InChI=1S/C12H18N2O5S2/c1-14(5-2-6-15)21(18,19)12-10(11(16)17)8-3-4-13-7-9(8)20-12/h13,15H,2-7H2,1H3,(H,16,17). The zero-order chi connectivity index (χ0) is 15.6. The van der Waals surface area contributed by atoms with E-state index in [-0.39, 0.29) is 22.9 Å². The molecular formula is C12H18N2O5S2. The Labute approximate surface area is 127 Å². The van der Waals surface area contributed by atoms with E-state index in [2.05, 4.69) is 5.32 Å². The fourth-order valence-electron chi connectivity index (χ4n) is 2.26. The predicted octanol–water partition coefficient (Wildman–Crippen LogP) is 0.0949. The Bertz CT molecular complexity index is 638. The van der Waals surface area contributed by atoms with Crippen molar-refractivity contribution < 1.29 is 23.4 Å². The molecule has 1 aromatic rings. The van der Waals surface area contributed by atoms with Crippen molar-refractivity contribution in [3.8, 4) is 0 Å². The maximum Gasteiger partial charge on any atom is 0.338 e. The first kappa shape index (κ1) is 16.4. The normalized spacial score (nSPS) is 15.2. The van der Waals surface area contributed by atoms with E-state index < -0.39 is 16.0 Å². The first-order valence-corrected chi connectivity index (χ1v) is 8.81. The van der Waals surface area contributed by atoms with Gasteiger partial charge in [0.25, 0.3) is 10.0 Å². The lowest BCUT2D eigenvalue weighted by molar-refractivity contribution is 0.0692. The molecule has 7 nitrogen and oxygen atoms in total. The van der Waals surface area contributed by atoms with Gasteiger partial charge in [-0.2, -0.15) is 0 Å². The zero-order valence-electron chi connectivity index (χ0n) is 11.6. The van der Waals surface area contributed by atoms with Gasteiger partial charge in [-0.25, -0.2) is 17.5 Å². The van der Waals surface area contributed by atoms with Gasteiger partial charge < -0.3 is 15.5 Å². The molecule has 0 bridgehead atoms. The molecular weight excluding hydrogens is 316 g/mol. The molecule has 0 unspecified atom stereocenters. The van der Waals surface area contributed by atoms with Crippen LogP contribution in [0.3, 0.4) is 0 Å². The molecule has 118 valence electrons. The number of rotatable bonds is 6. The van der Waals surface area contributed by atoms with Gasteiger partial charge in [-0.15, -0.1) is 11.3 Å². The van der Waals surface area contributed by atoms with Crippen LogP contribution in [0, 0.1) is 0 Å². The summed E-state index contributed by atoms with van der Waals surface area (Å²) in [6.07, 6.45) is 0.828. The highest BCUT2D eigenvalue weighted by molar-refractivity contribution is 7.91. The van der Waals surface area contributed by atoms with Gasteiger partial charge in [0.15, 0.2) is 0 Å². The number of hydrogen-bond acceptors (Lipinski definition) is 6. The number of carboxylic acids is 1. The molecule has 0 atom stereocenters. The molecule has 9 heteroatoms. The van der Waals surface area contributed by atoms with Crippen LogP contribution in [-0.4, -0.2) is 55.6 Å². The van der Waals surface area contributed by atoms with E-state index in [4.69, 9.17) is 5.11 Å². The summed E-state index contributed by atoms with van der Waals surface area (Å²) in [6.45, 7) is 1.18. The van der Waals surface area contributed by atoms with Crippen molar-refractivity contribution in [2.24, 2.45) is 0 Å². The fraction of sp³-hybridized carbons (Fsp3) is 0.583. The highest BCUT2D eigenvalue weighted by Crippen LogP contribution is 2.35. The number of nitrogens with zero attached hydrogens (tertiary/aromatic N) is 1. The second kappa shape index (κ2) is 6.41. The maximum absolute atomic E-state index is 12.6. The minimum atomic E-state index is -3.85. The van der Waals surface area contributed by atoms with Crippen LogP contribution in [0.2, 0.25) is 0 Å². The molecule has 0 spiro atoms. The Kier molecular flexibility index (Phi) is 4.99. The third kappa shape index (κ3) is 3.11. The molecule has 0 saturated heterocycles. The molecule has 0 fully saturated rings. The molecule has 1 aliphatic heterocycles. The number of hydrogen-bond donors (Lipinski definition) is 3. The minimum absolute atomic E-state index is 0.0904. The lowest BCUT2D eigenvalue weighted by atomic mass is 10.1. The van der Waals surface area contributed by atoms with Crippen molar-refractivity contribution in [3.63, 3.8) is 0 Å². The number of aromatic carboxylic acids is 1. The highest BCUT2D eigenvalue weighted by atomic mass is 32.2. The number of sulfonamides is 1. The van der Waals surface area contributed by atoms with E-state index in [0.717, 1.165) is 20.5 Å². The summed E-state index contributed by atoms with van der Waals surface area (Å²) in [5.74, 6) is -1.21. The van der Waals surface area contributed by atoms with Crippen molar-refractivity contribution in [1.82, 2.24) is 9.62 Å². The predicted molar refractivity (Wildman–Crippen MR) is 78.2 cm³/mol. The average Bonchev–Trinajstić information content (AvgIpc) is 2.84. The van der Waals surface area contributed by atoms with E-state index in [0.29, 0.717) is 31.5 Å². The van der Waals surface area contributed by atoms with Gasteiger partial charge in [-0.05, 0) is 24.9 Å². The second-order valence-electron chi connectivity index (χ2n) is 4.80. The quantitative estimate of drug-likeness (QED) is 0.681. The van der Waals surface area contributed by atoms with E-state index in [9.17, 15) is 18.3 Å². The largest absolute Gasteiger partial charge is 0.478 e. The molecule has 0 aliphatic carbocycles. The number of fused-ring (bicyclic) bond motifs is 1. The molecule has 0 amide bonds. The van der Waals surface area contributed by atoms with E-state index in [1.54, 1.807) is 0 Å². The van der Waals surface area contributed by atoms with Crippen LogP contribution in [0.5, 0.6) is 0 Å². The molecule has 0 radical (unpaired) electrons. The molecule has 1 aromatic heterocycles. The summed E-state index contributed by atoms with van der Waals surface area (Å²) in [7, 11) is -2.45. The summed E-state index contributed by atoms with van der Waals surface area (Å²) in [4.78, 5) is 12.3. The minimum Gasteiger partial charge on any atom is -0.478 e. The van der Waals surface area contributed by atoms with Crippen LogP contribution in [0.1, 0.15) is 27.2 Å². The van der Waals surface area contributed by atoms with Gasteiger partial charge in [-0.3, -0.25) is 0 Å². The lowest BCUT2D eigenvalue weighted by Gasteiger charge is -2.16. The van der Waals surface area contributed by atoms with Crippen molar-refractivity contribution >= 4 is 27.3 Å². The Balaban J connectivity index is 2.48. The third-order valence-electron chi connectivity index (χ3n) is 3.39. The van der Waals surface area contributed by atoms with Crippen LogP contribution in [0.25, 0.3) is 0 Å². The van der Waals surface area contributed by atoms with Crippen LogP contribution in [-0.2, 0) is 23.0 Å². The van der Waals surface area contributed by atoms with E-state index in [1.807, 2.05) is 0 Å². The molecule has 2 rings (SSSR count). The van der Waals surface area contributed by atoms with Gasteiger partial charge in [0, 0.05) is 31.6 Å². The molecule has 3 N–H and O–H groups in total. The van der Waals surface area contributed by atoms with E-state index >= 15 is 0 Å². The second-order valence-corrected chi connectivity index (χ2v) is 8.15. The maximum atomic E-state index is 12.6. The lowest BCUT2D eigenvalue weighted by Crippen LogP contribution is -2.29. The number of aliphatic hydroxyl groups is 1. The third-order valence-corrected chi connectivity index (χ3v) is 6.97. The summed E-state index contributed by atoms with van der Waals surface area (Å²) in [5.41, 5.74) is 0.535. The fourth-order valence-corrected chi connectivity index (χ4v) is 5.53. The summed E-state index contributed by atoms with van der Waals surface area (Å²) in [6, 6.07) is 0. The molecule has 0 aromatic carbocycles. The summed E-state index contributed by atoms with van der Waals surface area (Å²) < 4.78 is 26.1. The van der Waals surface area contributed by atoms with Crippen LogP contribution >= 0.6 is 11.3 Å². The molecule has 21 heavy (non-hydrogen) atoms. The molecule has 1 aliphatic rings. The molecule has 2 heterocycles. The van der Waals surface area contributed by atoms with Gasteiger partial charge in [-0.1, -0.05) is 0 Å². The van der Waals surface area contributed by atoms with Crippen molar-refractivity contribution in [2.45, 2.75) is 23.6 Å². The van der Waals surface area contributed by atoms with Crippen LogP contribution in [0.15, 0.2) is 4.21 Å². The van der Waals surface area contributed by atoms with Gasteiger partial charge >= 0.3 is 5.97 Å². The van der Waals surface area contributed by atoms with Crippen LogP contribution in [0.4, 0.5) is 0 Å². The smallest absolute Gasteiger partial charge is 0.338 e. The summed E-state index contributed by atoms with van der Waals surface area (Å²) in [5, 5.41) is 21.3. The number of carbonyl (C=O) groups is 1. The monoisotopic (exact) mass is 334 g/mol. The van der Waals surface area contributed by atoms with Crippen LogP contribution < -0.4 is 5.32 Å². The number of thiophene rings is 1. The number of carboxylic acid groups (broad SMARTS) is 1. The SMILES string of the molecule is CN(CCCO)S(=O)(=O)c1sc2c(c1C(=O)O)CCNC2. The van der Waals surface area contributed by atoms with Crippen molar-refractivity contribution in [3.05, 3.63) is 16.0 Å². The van der Waals surface area contributed by atoms with Gasteiger partial charge in [0.2, 0.25) is 0 Å². The van der Waals surface area contributed by atoms with Gasteiger partial charge in [0.1, 0.15) is 4.21 Å². The molecule has 0 saturated carbocycles. The zero-order valence-corrected chi connectivity index (χ0v) is 13.3. The summed E-state index contributed by atoms with van der Waals surface area (Å²) >= 11 is 1.02. The Morgan fingerprint density at radius 3 is 2.81 bits per heavy atom. The van der Waals surface area contributed by atoms with E-state index in [1.165, 1.54) is 7.05 Å². The number of nitrogens with one attached hydrogen (secondary N) is 1. The number of aliphatic hydroxyl groups excluding tert-OH is 1.